The van der Waals surface area contributed by atoms with Gasteiger partial charge in [0.05, 0.1) is 12.6 Å². The van der Waals surface area contributed by atoms with Crippen LogP contribution in [0.3, 0.4) is 0 Å². The maximum absolute atomic E-state index is 11.9. The van der Waals surface area contributed by atoms with Gasteiger partial charge < -0.3 is 10.1 Å². The van der Waals surface area contributed by atoms with Crippen molar-refractivity contribution in [3.63, 3.8) is 0 Å². The summed E-state index contributed by atoms with van der Waals surface area (Å²) in [6.45, 7) is 2.47. The van der Waals surface area contributed by atoms with Gasteiger partial charge in [-0.05, 0) is 6.42 Å². The van der Waals surface area contributed by atoms with Gasteiger partial charge in [-0.1, -0.05) is 37.3 Å². The van der Waals surface area contributed by atoms with Gasteiger partial charge in [0.15, 0.2) is 5.82 Å². The van der Waals surface area contributed by atoms with Crippen LogP contribution in [0, 0.1) is 0 Å². The second kappa shape index (κ2) is 7.70. The molecule has 2 amide bonds. The van der Waals surface area contributed by atoms with Gasteiger partial charge in [-0.15, -0.1) is 0 Å². The summed E-state index contributed by atoms with van der Waals surface area (Å²) in [5.74, 6) is 0.611. The maximum Gasteiger partial charge on any atom is 0.321 e. The van der Waals surface area contributed by atoms with Crippen LogP contribution in [0.2, 0.25) is 0 Å². The van der Waals surface area contributed by atoms with E-state index in [9.17, 15) is 4.79 Å². The Morgan fingerprint density at radius 3 is 2.81 bits per heavy atom. The summed E-state index contributed by atoms with van der Waals surface area (Å²) >= 11 is 1.16. The summed E-state index contributed by atoms with van der Waals surface area (Å²) in [6, 6.07) is 9.32. The summed E-state index contributed by atoms with van der Waals surface area (Å²) in [5, 5.41) is 5.99. The number of nitrogens with zero attached hydrogens (tertiary/aromatic N) is 2. The van der Waals surface area contributed by atoms with Crippen molar-refractivity contribution < 1.29 is 9.53 Å². The Hall–Kier alpha value is -1.99. The zero-order valence-electron chi connectivity index (χ0n) is 12.0. The minimum atomic E-state index is -0.297. The highest BCUT2D eigenvalue weighted by Crippen LogP contribution is 2.20. The van der Waals surface area contributed by atoms with Crippen LogP contribution in [-0.4, -0.2) is 35.1 Å². The number of anilines is 1. The fraction of sp³-hybridized carbons (Fsp3) is 0.357. The number of hydrogen-bond acceptors (Lipinski definition) is 5. The first-order valence-electron chi connectivity index (χ1n) is 6.68. The van der Waals surface area contributed by atoms with Crippen molar-refractivity contribution in [2.24, 2.45) is 0 Å². The fourth-order valence-corrected chi connectivity index (χ4v) is 2.34. The fourth-order valence-electron chi connectivity index (χ4n) is 1.76. The van der Waals surface area contributed by atoms with Crippen molar-refractivity contribution in [3.8, 4) is 11.4 Å². The van der Waals surface area contributed by atoms with Gasteiger partial charge in [-0.25, -0.2) is 4.79 Å². The molecule has 2 rings (SSSR count). The molecule has 1 atom stereocenters. The number of carbonyl (C=O) groups excluding carboxylic acids is 1. The van der Waals surface area contributed by atoms with Crippen molar-refractivity contribution in [1.29, 1.82) is 0 Å². The highest BCUT2D eigenvalue weighted by Gasteiger charge is 2.12. The standard InChI is InChI=1S/C14H18N4O2S/c1-3-11(9-20-2)15-13(19)17-14-16-12(18-21-14)10-7-5-4-6-8-10/h4-8,11H,3,9H2,1-2H3,(H2,15,16,17,18,19)/t11-/m0/s1. The Bertz CT molecular complexity index is 573. The van der Waals surface area contributed by atoms with Gasteiger partial charge in [0, 0.05) is 24.2 Å². The number of rotatable bonds is 6. The molecule has 2 N–H and O–H groups in total. The van der Waals surface area contributed by atoms with Crippen LogP contribution in [0.5, 0.6) is 0 Å². The number of ether oxygens (including phenoxy) is 1. The Labute approximate surface area is 127 Å². The Kier molecular flexibility index (Phi) is 5.65. The molecule has 0 saturated heterocycles. The highest BCUT2D eigenvalue weighted by molar-refractivity contribution is 7.10. The van der Waals surface area contributed by atoms with Crippen LogP contribution in [-0.2, 0) is 4.74 Å². The van der Waals surface area contributed by atoms with E-state index in [-0.39, 0.29) is 12.1 Å². The molecule has 21 heavy (non-hydrogen) atoms. The van der Waals surface area contributed by atoms with Crippen LogP contribution in [0.4, 0.5) is 9.93 Å². The zero-order chi connectivity index (χ0) is 15.1. The molecule has 0 aliphatic carbocycles. The van der Waals surface area contributed by atoms with Gasteiger partial charge in [0.2, 0.25) is 5.13 Å². The van der Waals surface area contributed by atoms with Gasteiger partial charge >= 0.3 is 6.03 Å². The first-order chi connectivity index (χ1) is 10.2. The van der Waals surface area contributed by atoms with Crippen LogP contribution in [0.15, 0.2) is 30.3 Å². The average Bonchev–Trinajstić information content (AvgIpc) is 2.96. The second-order valence-electron chi connectivity index (χ2n) is 4.45. The molecule has 7 heteroatoms. The topological polar surface area (TPSA) is 76.1 Å². The van der Waals surface area contributed by atoms with Crippen molar-refractivity contribution in [2.45, 2.75) is 19.4 Å². The number of benzene rings is 1. The molecular weight excluding hydrogens is 288 g/mol. The summed E-state index contributed by atoms with van der Waals surface area (Å²) in [4.78, 5) is 16.2. The number of methoxy groups -OCH3 is 1. The normalized spacial score (nSPS) is 11.9. The van der Waals surface area contributed by atoms with Crippen LogP contribution in [0.1, 0.15) is 13.3 Å². The molecule has 112 valence electrons. The van der Waals surface area contributed by atoms with Gasteiger partial charge in [-0.2, -0.15) is 9.36 Å². The van der Waals surface area contributed by atoms with Crippen molar-refractivity contribution in [1.82, 2.24) is 14.7 Å². The molecule has 0 saturated carbocycles. The minimum absolute atomic E-state index is 0.0171. The summed E-state index contributed by atoms with van der Waals surface area (Å²) in [6.07, 6.45) is 0.798. The van der Waals surface area contributed by atoms with E-state index in [1.807, 2.05) is 37.3 Å². The first kappa shape index (κ1) is 15.4. The van der Waals surface area contributed by atoms with Gasteiger partial charge in [0.1, 0.15) is 0 Å². The Morgan fingerprint density at radius 2 is 2.14 bits per heavy atom. The lowest BCUT2D eigenvalue weighted by Gasteiger charge is -2.15. The van der Waals surface area contributed by atoms with E-state index in [1.165, 1.54) is 0 Å². The summed E-state index contributed by atoms with van der Waals surface area (Å²) < 4.78 is 9.28. The SMILES string of the molecule is CC[C@@H](COC)NC(=O)Nc1nc(-c2ccccc2)ns1. The molecule has 0 aliphatic rings. The van der Waals surface area contributed by atoms with E-state index >= 15 is 0 Å². The largest absolute Gasteiger partial charge is 0.383 e. The molecule has 1 aromatic heterocycles. The van der Waals surface area contributed by atoms with Crippen molar-refractivity contribution in [3.05, 3.63) is 30.3 Å². The molecular formula is C14H18N4O2S. The number of amides is 2. The van der Waals surface area contributed by atoms with E-state index in [0.717, 1.165) is 23.5 Å². The lowest BCUT2D eigenvalue weighted by atomic mass is 10.2. The molecule has 2 aromatic rings. The zero-order valence-corrected chi connectivity index (χ0v) is 12.8. The Balaban J connectivity index is 1.95. The third-order valence-electron chi connectivity index (χ3n) is 2.87. The van der Waals surface area contributed by atoms with Crippen molar-refractivity contribution >= 4 is 22.7 Å². The first-order valence-corrected chi connectivity index (χ1v) is 7.45. The van der Waals surface area contributed by atoms with Crippen LogP contribution < -0.4 is 10.6 Å². The van der Waals surface area contributed by atoms with E-state index in [0.29, 0.717) is 17.6 Å². The molecule has 0 radical (unpaired) electrons. The molecule has 0 spiro atoms. The number of nitrogens with one attached hydrogen (secondary N) is 2. The molecule has 1 heterocycles. The predicted octanol–water partition coefficient (Wildman–Crippen LogP) is 2.75. The van der Waals surface area contributed by atoms with E-state index in [2.05, 4.69) is 20.0 Å². The number of aromatic nitrogens is 2. The molecule has 1 aromatic carbocycles. The monoisotopic (exact) mass is 306 g/mol. The lowest BCUT2D eigenvalue weighted by molar-refractivity contribution is 0.165. The lowest BCUT2D eigenvalue weighted by Crippen LogP contribution is -2.40. The highest BCUT2D eigenvalue weighted by atomic mass is 32.1. The molecule has 0 fully saturated rings. The summed E-state index contributed by atoms with van der Waals surface area (Å²) in [5.41, 5.74) is 0.924. The third kappa shape index (κ3) is 4.51. The molecule has 0 aliphatic heterocycles. The predicted molar refractivity (Wildman–Crippen MR) is 83.5 cm³/mol. The van der Waals surface area contributed by atoms with E-state index in [1.54, 1.807) is 7.11 Å². The van der Waals surface area contributed by atoms with Crippen molar-refractivity contribution in [2.75, 3.05) is 19.0 Å². The van der Waals surface area contributed by atoms with Crippen LogP contribution in [0.25, 0.3) is 11.4 Å². The number of carbonyl (C=O) groups is 1. The van der Waals surface area contributed by atoms with E-state index < -0.39 is 0 Å². The second-order valence-corrected chi connectivity index (χ2v) is 5.20. The smallest absolute Gasteiger partial charge is 0.321 e. The molecule has 6 nitrogen and oxygen atoms in total. The minimum Gasteiger partial charge on any atom is -0.383 e. The quantitative estimate of drug-likeness (QED) is 0.860. The third-order valence-corrected chi connectivity index (χ3v) is 3.50. The molecule has 0 unspecified atom stereocenters. The van der Waals surface area contributed by atoms with Gasteiger partial charge in [0.25, 0.3) is 0 Å². The maximum atomic E-state index is 11.9. The van der Waals surface area contributed by atoms with Crippen LogP contribution >= 0.6 is 11.5 Å². The average molecular weight is 306 g/mol. The molecule has 0 bridgehead atoms. The van der Waals surface area contributed by atoms with E-state index in [4.69, 9.17) is 4.74 Å². The number of urea groups is 1. The van der Waals surface area contributed by atoms with Gasteiger partial charge in [-0.3, -0.25) is 5.32 Å². The Morgan fingerprint density at radius 1 is 1.38 bits per heavy atom. The number of hydrogen-bond donors (Lipinski definition) is 2. The summed E-state index contributed by atoms with van der Waals surface area (Å²) in [7, 11) is 1.61.